The molecule has 2 aromatic carbocycles. The summed E-state index contributed by atoms with van der Waals surface area (Å²) in [4.78, 5) is 19.3. The number of nitrogens with one attached hydrogen (secondary N) is 1. The highest BCUT2D eigenvalue weighted by Crippen LogP contribution is 2.24. The smallest absolute Gasteiger partial charge is 0.237 e. The SMILES string of the molecule is Cc1cc(CN(Cc2ccc(F)cc2)C2CCCCNC2=O)ccc1OCCc1ccccn1. The molecule has 1 saturated heterocycles. The van der Waals surface area contributed by atoms with Crippen LogP contribution >= 0.6 is 0 Å². The number of halogens is 1. The molecular weight excluding hydrogens is 429 g/mol. The van der Waals surface area contributed by atoms with E-state index in [-0.39, 0.29) is 17.8 Å². The van der Waals surface area contributed by atoms with Crippen LogP contribution in [-0.4, -0.2) is 35.0 Å². The van der Waals surface area contributed by atoms with Crippen molar-refractivity contribution in [2.24, 2.45) is 0 Å². The number of ether oxygens (including phenoxy) is 1. The lowest BCUT2D eigenvalue weighted by atomic mass is 10.0. The zero-order chi connectivity index (χ0) is 23.8. The van der Waals surface area contributed by atoms with Crippen molar-refractivity contribution < 1.29 is 13.9 Å². The van der Waals surface area contributed by atoms with Crippen LogP contribution in [0.15, 0.2) is 66.9 Å². The van der Waals surface area contributed by atoms with Gasteiger partial charge in [0.05, 0.1) is 12.6 Å². The van der Waals surface area contributed by atoms with Crippen LogP contribution in [0.5, 0.6) is 5.75 Å². The van der Waals surface area contributed by atoms with Crippen molar-refractivity contribution in [1.29, 1.82) is 0 Å². The first kappa shape index (κ1) is 23.9. The summed E-state index contributed by atoms with van der Waals surface area (Å²) in [5.74, 6) is 0.680. The number of rotatable bonds is 9. The van der Waals surface area contributed by atoms with E-state index in [4.69, 9.17) is 4.74 Å². The summed E-state index contributed by atoms with van der Waals surface area (Å²) in [6, 6.07) is 18.4. The summed E-state index contributed by atoms with van der Waals surface area (Å²) in [5, 5.41) is 3.05. The molecule has 1 atom stereocenters. The van der Waals surface area contributed by atoms with Crippen molar-refractivity contribution in [1.82, 2.24) is 15.2 Å². The van der Waals surface area contributed by atoms with Gasteiger partial charge in [0, 0.05) is 37.9 Å². The molecule has 0 bridgehead atoms. The maximum atomic E-state index is 13.4. The van der Waals surface area contributed by atoms with E-state index >= 15 is 0 Å². The molecule has 0 spiro atoms. The second-order valence-electron chi connectivity index (χ2n) is 8.85. The van der Waals surface area contributed by atoms with Gasteiger partial charge >= 0.3 is 0 Å². The molecule has 0 aliphatic carbocycles. The number of hydrogen-bond donors (Lipinski definition) is 1. The topological polar surface area (TPSA) is 54.5 Å². The summed E-state index contributed by atoms with van der Waals surface area (Å²) >= 11 is 0. The van der Waals surface area contributed by atoms with Crippen molar-refractivity contribution in [2.45, 2.75) is 51.7 Å². The van der Waals surface area contributed by atoms with Gasteiger partial charge < -0.3 is 10.1 Å². The van der Waals surface area contributed by atoms with Crippen molar-refractivity contribution >= 4 is 5.91 Å². The van der Waals surface area contributed by atoms with Crippen LogP contribution in [0.25, 0.3) is 0 Å². The first-order chi connectivity index (χ1) is 16.6. The Balaban J connectivity index is 1.45. The minimum atomic E-state index is -0.253. The Morgan fingerprint density at radius 2 is 1.85 bits per heavy atom. The molecule has 3 aromatic rings. The summed E-state index contributed by atoms with van der Waals surface area (Å²) in [6.07, 6.45) is 5.37. The summed E-state index contributed by atoms with van der Waals surface area (Å²) in [5.41, 5.74) is 4.18. The fourth-order valence-electron chi connectivity index (χ4n) is 4.39. The minimum absolute atomic E-state index is 0.0748. The predicted octanol–water partition coefficient (Wildman–Crippen LogP) is 4.82. The molecule has 1 N–H and O–H groups in total. The van der Waals surface area contributed by atoms with E-state index < -0.39 is 0 Å². The normalized spacial score (nSPS) is 16.2. The van der Waals surface area contributed by atoms with Crippen LogP contribution in [0, 0.1) is 12.7 Å². The van der Waals surface area contributed by atoms with Crippen LogP contribution in [0.1, 0.15) is 41.6 Å². The lowest BCUT2D eigenvalue weighted by molar-refractivity contribution is -0.126. The average molecular weight is 462 g/mol. The number of hydrogen-bond acceptors (Lipinski definition) is 4. The van der Waals surface area contributed by atoms with Crippen molar-refractivity contribution in [2.75, 3.05) is 13.2 Å². The van der Waals surface area contributed by atoms with E-state index in [0.29, 0.717) is 19.7 Å². The highest BCUT2D eigenvalue weighted by molar-refractivity contribution is 5.81. The Morgan fingerprint density at radius 3 is 2.62 bits per heavy atom. The molecule has 1 aliphatic heterocycles. The van der Waals surface area contributed by atoms with E-state index in [2.05, 4.69) is 27.3 Å². The van der Waals surface area contributed by atoms with Gasteiger partial charge in [-0.15, -0.1) is 0 Å². The predicted molar refractivity (Wildman–Crippen MR) is 131 cm³/mol. The molecule has 34 heavy (non-hydrogen) atoms. The number of aryl methyl sites for hydroxylation is 1. The Hall–Kier alpha value is -3.25. The fraction of sp³-hybridized carbons (Fsp3) is 0.357. The zero-order valence-electron chi connectivity index (χ0n) is 19.7. The number of benzene rings is 2. The second-order valence-corrected chi connectivity index (χ2v) is 8.85. The zero-order valence-corrected chi connectivity index (χ0v) is 19.7. The number of aromatic nitrogens is 1. The highest BCUT2D eigenvalue weighted by Gasteiger charge is 2.27. The number of carbonyl (C=O) groups is 1. The molecule has 1 fully saturated rings. The Morgan fingerprint density at radius 1 is 1.06 bits per heavy atom. The first-order valence-electron chi connectivity index (χ1n) is 12.0. The highest BCUT2D eigenvalue weighted by atomic mass is 19.1. The van der Waals surface area contributed by atoms with E-state index in [1.807, 2.05) is 31.2 Å². The maximum Gasteiger partial charge on any atom is 0.237 e. The third-order valence-corrected chi connectivity index (χ3v) is 6.21. The molecule has 1 amide bonds. The van der Waals surface area contributed by atoms with Crippen LogP contribution in [-0.2, 0) is 24.3 Å². The van der Waals surface area contributed by atoms with Crippen molar-refractivity contribution in [3.05, 3.63) is 95.1 Å². The molecule has 0 radical (unpaired) electrons. The largest absolute Gasteiger partial charge is 0.493 e. The summed E-state index contributed by atoms with van der Waals surface area (Å²) in [7, 11) is 0. The van der Waals surface area contributed by atoms with E-state index in [0.717, 1.165) is 60.4 Å². The molecular formula is C28H32FN3O2. The molecule has 1 unspecified atom stereocenters. The van der Waals surface area contributed by atoms with E-state index in [9.17, 15) is 9.18 Å². The molecule has 178 valence electrons. The van der Waals surface area contributed by atoms with E-state index in [1.165, 1.54) is 12.1 Å². The van der Waals surface area contributed by atoms with Gasteiger partial charge in [0.2, 0.25) is 5.91 Å². The fourth-order valence-corrected chi connectivity index (χ4v) is 4.39. The Kier molecular flexibility index (Phi) is 8.26. The molecule has 5 nitrogen and oxygen atoms in total. The Labute approximate surface area is 201 Å². The molecule has 1 aromatic heterocycles. The van der Waals surface area contributed by atoms with Gasteiger partial charge in [0.25, 0.3) is 0 Å². The van der Waals surface area contributed by atoms with Gasteiger partial charge in [-0.2, -0.15) is 0 Å². The van der Waals surface area contributed by atoms with Gasteiger partial charge in [-0.1, -0.05) is 30.3 Å². The lowest BCUT2D eigenvalue weighted by Gasteiger charge is -2.30. The lowest BCUT2D eigenvalue weighted by Crippen LogP contribution is -2.45. The minimum Gasteiger partial charge on any atom is -0.493 e. The van der Waals surface area contributed by atoms with Crippen LogP contribution in [0.2, 0.25) is 0 Å². The van der Waals surface area contributed by atoms with Gasteiger partial charge in [-0.3, -0.25) is 14.7 Å². The molecule has 2 heterocycles. The molecule has 0 saturated carbocycles. The molecule has 4 rings (SSSR count). The standard InChI is InChI=1S/C28H32FN3O2/c1-21-18-23(10-13-27(21)34-17-14-25-6-2-4-15-30-25)20-32(19-22-8-11-24(29)12-9-22)26-7-3-5-16-31-28(26)33/h2,4,6,8-13,15,18,26H,3,5,7,14,16-17,19-20H2,1H3,(H,31,33). The quantitative estimate of drug-likeness (QED) is 0.496. The molecule has 1 aliphatic rings. The van der Waals surface area contributed by atoms with Gasteiger partial charge in [0.15, 0.2) is 0 Å². The number of amides is 1. The van der Waals surface area contributed by atoms with Gasteiger partial charge in [-0.05, 0) is 73.2 Å². The van der Waals surface area contributed by atoms with Crippen LogP contribution in [0.3, 0.4) is 0 Å². The summed E-state index contributed by atoms with van der Waals surface area (Å²) < 4.78 is 19.4. The monoisotopic (exact) mass is 461 g/mol. The third-order valence-electron chi connectivity index (χ3n) is 6.21. The van der Waals surface area contributed by atoms with Crippen LogP contribution < -0.4 is 10.1 Å². The Bertz CT molecular complexity index is 1070. The third kappa shape index (κ3) is 6.64. The average Bonchev–Trinajstić information content (AvgIpc) is 3.06. The van der Waals surface area contributed by atoms with Crippen molar-refractivity contribution in [3.63, 3.8) is 0 Å². The van der Waals surface area contributed by atoms with E-state index in [1.54, 1.807) is 18.3 Å². The number of carbonyl (C=O) groups excluding carboxylic acids is 1. The maximum absolute atomic E-state index is 13.4. The van der Waals surface area contributed by atoms with Gasteiger partial charge in [-0.25, -0.2) is 4.39 Å². The number of pyridine rings is 1. The second kappa shape index (κ2) is 11.7. The number of nitrogens with zero attached hydrogens (tertiary/aromatic N) is 2. The molecule has 6 heteroatoms. The first-order valence-corrected chi connectivity index (χ1v) is 12.0. The van der Waals surface area contributed by atoms with Crippen molar-refractivity contribution in [3.8, 4) is 5.75 Å². The van der Waals surface area contributed by atoms with Gasteiger partial charge in [0.1, 0.15) is 11.6 Å². The van der Waals surface area contributed by atoms with Crippen LogP contribution in [0.4, 0.5) is 4.39 Å². The summed E-state index contributed by atoms with van der Waals surface area (Å²) in [6.45, 7) is 4.55.